The summed E-state index contributed by atoms with van der Waals surface area (Å²) in [5.41, 5.74) is 4.37. The first-order valence-electron chi connectivity index (χ1n) is 11.3. The second-order valence-corrected chi connectivity index (χ2v) is 9.73. The summed E-state index contributed by atoms with van der Waals surface area (Å²) in [5.74, 6) is 1.05. The molecule has 2 fully saturated rings. The molecule has 0 unspecified atom stereocenters. The Morgan fingerprint density at radius 1 is 1.25 bits per heavy atom. The number of likely N-dealkylation sites (tertiary alicyclic amines) is 1. The Balaban J connectivity index is 1.36. The van der Waals surface area contributed by atoms with Crippen LogP contribution in [-0.2, 0) is 5.54 Å². The molecule has 1 aromatic carbocycles. The van der Waals surface area contributed by atoms with Gasteiger partial charge in [-0.15, -0.1) is 0 Å². The van der Waals surface area contributed by atoms with E-state index >= 15 is 0 Å². The van der Waals surface area contributed by atoms with Crippen LogP contribution >= 0.6 is 11.6 Å². The van der Waals surface area contributed by atoms with Crippen LogP contribution in [0.3, 0.4) is 0 Å². The third-order valence-corrected chi connectivity index (χ3v) is 7.34. The SMILES string of the molecule is Cc1cc2cnc(Nc3cnn(C4(C)CC4)c3Cl)nc2cc1C1CCN(CCC#N)CC1. The highest BCUT2D eigenvalue weighted by atomic mass is 35.5. The molecule has 0 atom stereocenters. The summed E-state index contributed by atoms with van der Waals surface area (Å²) >= 11 is 6.57. The molecule has 1 aliphatic heterocycles. The fraction of sp³-hybridized carbons (Fsp3) is 0.500. The Kier molecular flexibility index (Phi) is 5.52. The first-order chi connectivity index (χ1) is 15.5. The summed E-state index contributed by atoms with van der Waals surface area (Å²) in [6.07, 6.45) is 8.64. The molecule has 166 valence electrons. The molecule has 8 heteroatoms. The predicted molar refractivity (Wildman–Crippen MR) is 126 cm³/mol. The van der Waals surface area contributed by atoms with Crippen LogP contribution in [0.25, 0.3) is 10.9 Å². The lowest BCUT2D eigenvalue weighted by Crippen LogP contribution is -2.33. The quantitative estimate of drug-likeness (QED) is 0.561. The van der Waals surface area contributed by atoms with Crippen LogP contribution in [0.4, 0.5) is 11.6 Å². The molecule has 3 heterocycles. The molecule has 1 aliphatic carbocycles. The summed E-state index contributed by atoms with van der Waals surface area (Å²) in [6.45, 7) is 7.31. The molecule has 32 heavy (non-hydrogen) atoms. The van der Waals surface area contributed by atoms with Crippen molar-refractivity contribution in [1.82, 2.24) is 24.6 Å². The highest BCUT2D eigenvalue weighted by Gasteiger charge is 2.42. The highest BCUT2D eigenvalue weighted by molar-refractivity contribution is 6.32. The van der Waals surface area contributed by atoms with Crippen LogP contribution < -0.4 is 5.32 Å². The first-order valence-corrected chi connectivity index (χ1v) is 11.7. The van der Waals surface area contributed by atoms with E-state index in [9.17, 15) is 0 Å². The van der Waals surface area contributed by atoms with Crippen LogP contribution in [0, 0.1) is 18.3 Å². The lowest BCUT2D eigenvalue weighted by molar-refractivity contribution is 0.216. The molecule has 2 aromatic heterocycles. The van der Waals surface area contributed by atoms with Gasteiger partial charge in [0.05, 0.1) is 29.0 Å². The average molecular weight is 450 g/mol. The van der Waals surface area contributed by atoms with E-state index in [0.717, 1.165) is 61.9 Å². The number of hydrogen-bond donors (Lipinski definition) is 1. The molecule has 0 spiro atoms. The van der Waals surface area contributed by atoms with Crippen molar-refractivity contribution in [2.24, 2.45) is 0 Å². The van der Waals surface area contributed by atoms with Crippen LogP contribution in [0.2, 0.25) is 5.15 Å². The van der Waals surface area contributed by atoms with Gasteiger partial charge in [0.25, 0.3) is 0 Å². The van der Waals surface area contributed by atoms with E-state index in [-0.39, 0.29) is 5.54 Å². The van der Waals surface area contributed by atoms with Crippen LogP contribution in [-0.4, -0.2) is 44.3 Å². The summed E-state index contributed by atoms with van der Waals surface area (Å²) in [6, 6.07) is 6.67. The zero-order valence-corrected chi connectivity index (χ0v) is 19.4. The zero-order valence-electron chi connectivity index (χ0n) is 18.6. The molecular weight excluding hydrogens is 422 g/mol. The van der Waals surface area contributed by atoms with Crippen LogP contribution in [0.1, 0.15) is 56.1 Å². The number of aromatic nitrogens is 4. The van der Waals surface area contributed by atoms with E-state index in [1.165, 1.54) is 11.1 Å². The van der Waals surface area contributed by atoms with Gasteiger partial charge in [-0.05, 0) is 81.8 Å². The topological polar surface area (TPSA) is 82.7 Å². The molecule has 2 aliphatic rings. The molecule has 1 N–H and O–H groups in total. The molecule has 5 rings (SSSR count). The number of nitrogens with one attached hydrogen (secondary N) is 1. The Labute approximate surface area is 193 Å². The van der Waals surface area contributed by atoms with Gasteiger partial charge in [-0.3, -0.25) is 0 Å². The van der Waals surface area contributed by atoms with Crippen LogP contribution in [0.5, 0.6) is 0 Å². The molecule has 1 saturated carbocycles. The van der Waals surface area contributed by atoms with E-state index in [0.29, 0.717) is 23.4 Å². The van der Waals surface area contributed by atoms with Crippen molar-refractivity contribution in [1.29, 1.82) is 5.26 Å². The summed E-state index contributed by atoms with van der Waals surface area (Å²) in [4.78, 5) is 11.7. The normalized spacial score (nSPS) is 18.6. The van der Waals surface area contributed by atoms with Gasteiger partial charge < -0.3 is 10.2 Å². The van der Waals surface area contributed by atoms with E-state index in [1.54, 1.807) is 6.20 Å². The molecule has 7 nitrogen and oxygen atoms in total. The van der Waals surface area contributed by atoms with Crippen molar-refractivity contribution >= 4 is 34.1 Å². The average Bonchev–Trinajstić information content (AvgIpc) is 3.44. The minimum Gasteiger partial charge on any atom is -0.320 e. The van der Waals surface area contributed by atoms with E-state index < -0.39 is 0 Å². The minimum absolute atomic E-state index is 0.0396. The Bertz CT molecular complexity index is 1180. The third kappa shape index (κ3) is 4.05. The lowest BCUT2D eigenvalue weighted by atomic mass is 9.86. The summed E-state index contributed by atoms with van der Waals surface area (Å²) < 4.78 is 1.89. The maximum absolute atomic E-state index is 8.83. The largest absolute Gasteiger partial charge is 0.320 e. The zero-order chi connectivity index (χ0) is 22.3. The van der Waals surface area contributed by atoms with Gasteiger partial charge in [-0.2, -0.15) is 10.4 Å². The fourth-order valence-electron chi connectivity index (χ4n) is 4.69. The molecule has 1 saturated heterocycles. The maximum atomic E-state index is 8.83. The lowest BCUT2D eigenvalue weighted by Gasteiger charge is -2.32. The predicted octanol–water partition coefficient (Wildman–Crippen LogP) is 5.13. The third-order valence-electron chi connectivity index (χ3n) is 6.98. The molecule has 3 aromatic rings. The monoisotopic (exact) mass is 449 g/mol. The van der Waals surface area contributed by atoms with Crippen molar-refractivity contribution in [3.63, 3.8) is 0 Å². The number of halogens is 1. The van der Waals surface area contributed by atoms with Gasteiger partial charge in [-0.1, -0.05) is 11.6 Å². The van der Waals surface area contributed by atoms with Gasteiger partial charge in [0.2, 0.25) is 5.95 Å². The second kappa shape index (κ2) is 8.34. The Hall–Kier alpha value is -2.69. The number of rotatable bonds is 6. The Morgan fingerprint density at radius 2 is 2.03 bits per heavy atom. The number of fused-ring (bicyclic) bond motifs is 1. The van der Waals surface area contributed by atoms with E-state index in [4.69, 9.17) is 21.8 Å². The van der Waals surface area contributed by atoms with Gasteiger partial charge in [0.1, 0.15) is 0 Å². The summed E-state index contributed by atoms with van der Waals surface area (Å²) in [5, 5.41) is 18.2. The van der Waals surface area contributed by atoms with Crippen molar-refractivity contribution in [3.05, 3.63) is 40.8 Å². The number of benzene rings is 1. The molecule has 0 bridgehead atoms. The van der Waals surface area contributed by atoms with Crippen molar-refractivity contribution < 1.29 is 0 Å². The molecule has 0 amide bonds. The minimum atomic E-state index is 0.0396. The number of piperidine rings is 1. The van der Waals surface area contributed by atoms with Crippen molar-refractivity contribution in [3.8, 4) is 6.07 Å². The number of nitriles is 1. The van der Waals surface area contributed by atoms with Gasteiger partial charge in [-0.25, -0.2) is 14.6 Å². The number of hydrogen-bond acceptors (Lipinski definition) is 6. The van der Waals surface area contributed by atoms with Gasteiger partial charge >= 0.3 is 0 Å². The van der Waals surface area contributed by atoms with E-state index in [2.05, 4.69) is 52.3 Å². The molecular formula is C24H28ClN7. The van der Waals surface area contributed by atoms with E-state index in [1.807, 2.05) is 10.9 Å². The maximum Gasteiger partial charge on any atom is 0.227 e. The first kappa shape index (κ1) is 21.2. The second-order valence-electron chi connectivity index (χ2n) is 9.37. The smallest absolute Gasteiger partial charge is 0.227 e. The fourth-order valence-corrected chi connectivity index (χ4v) is 5.04. The number of aryl methyl sites for hydroxylation is 1. The van der Waals surface area contributed by atoms with Crippen molar-refractivity contribution in [2.45, 2.75) is 57.4 Å². The highest BCUT2D eigenvalue weighted by Crippen LogP contribution is 2.45. The number of nitrogens with zero attached hydrogens (tertiary/aromatic N) is 6. The Morgan fingerprint density at radius 3 is 2.75 bits per heavy atom. The van der Waals surface area contributed by atoms with Crippen molar-refractivity contribution in [2.75, 3.05) is 25.0 Å². The summed E-state index contributed by atoms with van der Waals surface area (Å²) in [7, 11) is 0. The van der Waals surface area contributed by atoms with Gasteiger partial charge in [0.15, 0.2) is 5.15 Å². The van der Waals surface area contributed by atoms with Gasteiger partial charge in [0, 0.05) is 24.5 Å². The standard InChI is InChI=1S/C24H28ClN7/c1-16-12-18-14-27-23(30-21-15-28-32(22(21)25)24(2)6-7-24)29-20(18)13-19(16)17-4-10-31(11-5-17)9-3-8-26/h12-15,17H,3-7,9-11H2,1-2H3,(H,27,29,30). The number of anilines is 2. The molecule has 0 radical (unpaired) electrons. The van der Waals surface area contributed by atoms with Crippen LogP contribution in [0.15, 0.2) is 24.5 Å².